The molecule has 0 radical (unpaired) electrons. The highest BCUT2D eigenvalue weighted by Gasteiger charge is 2.13. The van der Waals surface area contributed by atoms with Crippen molar-refractivity contribution in [1.29, 1.82) is 0 Å². The Labute approximate surface area is 197 Å². The van der Waals surface area contributed by atoms with Gasteiger partial charge in [-0.25, -0.2) is 4.98 Å². The van der Waals surface area contributed by atoms with Crippen LogP contribution in [0.4, 0.5) is 0 Å². The lowest BCUT2D eigenvalue weighted by molar-refractivity contribution is 0.318. The summed E-state index contributed by atoms with van der Waals surface area (Å²) in [4.78, 5) is 4.71. The number of aromatic nitrogens is 2. The van der Waals surface area contributed by atoms with Crippen molar-refractivity contribution in [1.82, 2.24) is 9.55 Å². The van der Waals surface area contributed by atoms with Crippen LogP contribution < -0.4 is 4.74 Å². The molecular formula is C25H22Cl2N2OS. The number of hydrogen-bond donors (Lipinski definition) is 0. The van der Waals surface area contributed by atoms with Gasteiger partial charge in [0.05, 0.1) is 25.0 Å². The molecule has 0 amide bonds. The van der Waals surface area contributed by atoms with Gasteiger partial charge in [0.15, 0.2) is 5.16 Å². The fraction of sp³-hybridized carbons (Fsp3) is 0.160. The van der Waals surface area contributed by atoms with Crippen LogP contribution in [-0.2, 0) is 6.54 Å². The van der Waals surface area contributed by atoms with E-state index >= 15 is 0 Å². The van der Waals surface area contributed by atoms with Gasteiger partial charge in [0.25, 0.3) is 0 Å². The molecule has 31 heavy (non-hydrogen) atoms. The summed E-state index contributed by atoms with van der Waals surface area (Å²) < 4.78 is 8.07. The van der Waals surface area contributed by atoms with Crippen molar-refractivity contribution >= 4 is 35.0 Å². The molecule has 0 saturated carbocycles. The van der Waals surface area contributed by atoms with E-state index in [4.69, 9.17) is 32.9 Å². The van der Waals surface area contributed by atoms with Crippen LogP contribution in [0.15, 0.2) is 90.2 Å². The van der Waals surface area contributed by atoms with Gasteiger partial charge in [0, 0.05) is 15.8 Å². The van der Waals surface area contributed by atoms with E-state index < -0.39 is 0 Å². The fourth-order valence-electron chi connectivity index (χ4n) is 3.19. The van der Waals surface area contributed by atoms with E-state index in [2.05, 4.69) is 28.8 Å². The van der Waals surface area contributed by atoms with Crippen LogP contribution in [0.25, 0.3) is 11.3 Å². The number of ether oxygens (including phenoxy) is 1. The molecular weight excluding hydrogens is 447 g/mol. The number of nitrogens with zero attached hydrogens (tertiary/aromatic N) is 2. The molecule has 0 unspecified atom stereocenters. The second kappa shape index (κ2) is 10.8. The van der Waals surface area contributed by atoms with Crippen molar-refractivity contribution in [3.8, 4) is 17.0 Å². The molecule has 0 aliphatic rings. The highest BCUT2D eigenvalue weighted by molar-refractivity contribution is 7.99. The fourth-order valence-corrected chi connectivity index (χ4v) is 4.33. The summed E-state index contributed by atoms with van der Waals surface area (Å²) in [5.41, 5.74) is 3.43. The molecule has 0 atom stereocenters. The molecule has 3 nitrogen and oxygen atoms in total. The van der Waals surface area contributed by atoms with E-state index in [9.17, 15) is 0 Å². The van der Waals surface area contributed by atoms with Gasteiger partial charge in [-0.1, -0.05) is 77.4 Å². The zero-order chi connectivity index (χ0) is 21.5. The van der Waals surface area contributed by atoms with Crippen LogP contribution in [0.2, 0.25) is 10.0 Å². The predicted octanol–water partition coefficient (Wildman–Crippen LogP) is 7.47. The second-order valence-corrected chi connectivity index (χ2v) is 8.94. The molecule has 6 heteroatoms. The molecule has 1 aromatic heterocycles. The SMILES string of the molecule is Clc1ccc(OCCCSc2ncc(-c3ccc(Cl)cc3)n2Cc2ccccc2)cc1. The van der Waals surface area contributed by atoms with Crippen LogP contribution >= 0.6 is 35.0 Å². The van der Waals surface area contributed by atoms with E-state index in [-0.39, 0.29) is 0 Å². The maximum absolute atomic E-state index is 6.08. The average molecular weight is 469 g/mol. The maximum atomic E-state index is 6.08. The Morgan fingerprint density at radius 2 is 1.52 bits per heavy atom. The third-order valence-electron chi connectivity index (χ3n) is 4.74. The molecule has 0 aliphatic carbocycles. The van der Waals surface area contributed by atoms with Gasteiger partial charge in [-0.05, 0) is 53.9 Å². The highest BCUT2D eigenvalue weighted by atomic mass is 35.5. The lowest BCUT2D eigenvalue weighted by atomic mass is 10.1. The van der Waals surface area contributed by atoms with Crippen molar-refractivity contribution in [3.05, 3.63) is 101 Å². The van der Waals surface area contributed by atoms with Crippen LogP contribution in [-0.4, -0.2) is 21.9 Å². The second-order valence-electron chi connectivity index (χ2n) is 7.01. The molecule has 0 N–H and O–H groups in total. The minimum absolute atomic E-state index is 0.651. The van der Waals surface area contributed by atoms with Gasteiger partial charge in [-0.2, -0.15) is 0 Å². The van der Waals surface area contributed by atoms with Crippen LogP contribution in [0.5, 0.6) is 5.75 Å². The molecule has 0 fully saturated rings. The van der Waals surface area contributed by atoms with Gasteiger partial charge < -0.3 is 9.30 Å². The molecule has 1 heterocycles. The van der Waals surface area contributed by atoms with Crippen LogP contribution in [0.3, 0.4) is 0 Å². The van der Waals surface area contributed by atoms with Gasteiger partial charge >= 0.3 is 0 Å². The largest absolute Gasteiger partial charge is 0.494 e. The van der Waals surface area contributed by atoms with E-state index in [1.165, 1.54) is 5.56 Å². The monoisotopic (exact) mass is 468 g/mol. The first-order valence-corrected chi connectivity index (χ1v) is 11.8. The topological polar surface area (TPSA) is 27.1 Å². The summed E-state index contributed by atoms with van der Waals surface area (Å²) in [6.07, 6.45) is 2.86. The Morgan fingerprint density at radius 1 is 0.839 bits per heavy atom. The van der Waals surface area contributed by atoms with Crippen LogP contribution in [0, 0.1) is 0 Å². The molecule has 0 saturated heterocycles. The average Bonchev–Trinajstić information content (AvgIpc) is 3.18. The molecule has 158 valence electrons. The molecule has 4 rings (SSSR count). The van der Waals surface area contributed by atoms with Crippen molar-refractivity contribution in [2.45, 2.75) is 18.1 Å². The summed E-state index contributed by atoms with van der Waals surface area (Å²) >= 11 is 13.7. The van der Waals surface area contributed by atoms with Crippen molar-refractivity contribution < 1.29 is 4.74 Å². The molecule has 0 bridgehead atoms. The van der Waals surface area contributed by atoms with Gasteiger partial charge in [-0.3, -0.25) is 0 Å². The van der Waals surface area contributed by atoms with Crippen molar-refractivity contribution in [2.75, 3.05) is 12.4 Å². The Bertz CT molecular complexity index is 1100. The van der Waals surface area contributed by atoms with E-state index in [0.717, 1.165) is 45.9 Å². The quantitative estimate of drug-likeness (QED) is 0.188. The third kappa shape index (κ3) is 6.07. The summed E-state index contributed by atoms with van der Waals surface area (Å²) in [7, 11) is 0. The van der Waals surface area contributed by atoms with E-state index in [0.29, 0.717) is 11.6 Å². The normalized spacial score (nSPS) is 10.9. The smallest absolute Gasteiger partial charge is 0.168 e. The summed E-state index contributed by atoms with van der Waals surface area (Å²) in [6.45, 7) is 1.42. The van der Waals surface area contributed by atoms with Crippen molar-refractivity contribution in [3.63, 3.8) is 0 Å². The van der Waals surface area contributed by atoms with Gasteiger partial charge in [-0.15, -0.1) is 0 Å². The number of thioether (sulfide) groups is 1. The standard InChI is InChI=1S/C25H22Cl2N2OS/c26-21-9-7-20(8-10-21)24-17-28-25(29(24)18-19-5-2-1-3-6-19)31-16-4-15-30-23-13-11-22(27)12-14-23/h1-3,5-14,17H,4,15-16,18H2. The predicted molar refractivity (Wildman–Crippen MR) is 131 cm³/mol. The Hall–Kier alpha value is -2.40. The van der Waals surface area contributed by atoms with Gasteiger partial charge in [0.2, 0.25) is 0 Å². The minimum Gasteiger partial charge on any atom is -0.494 e. The lowest BCUT2D eigenvalue weighted by Crippen LogP contribution is -2.05. The highest BCUT2D eigenvalue weighted by Crippen LogP contribution is 2.28. The first-order valence-electron chi connectivity index (χ1n) is 10.1. The summed E-state index contributed by atoms with van der Waals surface area (Å²) in [6, 6.07) is 25.8. The Kier molecular flexibility index (Phi) is 7.57. The summed E-state index contributed by atoms with van der Waals surface area (Å²) in [5.74, 6) is 1.75. The van der Waals surface area contributed by atoms with Gasteiger partial charge in [0.1, 0.15) is 5.75 Å². The Morgan fingerprint density at radius 3 is 2.23 bits per heavy atom. The zero-order valence-electron chi connectivity index (χ0n) is 16.9. The summed E-state index contributed by atoms with van der Waals surface area (Å²) in [5, 5.41) is 2.44. The number of halogens is 2. The van der Waals surface area contributed by atoms with Crippen LogP contribution in [0.1, 0.15) is 12.0 Å². The molecule has 0 aliphatic heterocycles. The Balaban J connectivity index is 1.43. The maximum Gasteiger partial charge on any atom is 0.168 e. The molecule has 3 aromatic carbocycles. The first kappa shape index (κ1) is 21.8. The minimum atomic E-state index is 0.651. The number of hydrogen-bond acceptors (Lipinski definition) is 3. The number of benzene rings is 3. The van der Waals surface area contributed by atoms with E-state index in [1.54, 1.807) is 11.8 Å². The van der Waals surface area contributed by atoms with Crippen molar-refractivity contribution in [2.24, 2.45) is 0 Å². The lowest BCUT2D eigenvalue weighted by Gasteiger charge is -2.12. The first-order chi connectivity index (χ1) is 15.2. The number of rotatable bonds is 9. The molecule has 4 aromatic rings. The molecule has 0 spiro atoms. The van der Waals surface area contributed by atoms with E-state index in [1.807, 2.05) is 60.8 Å². The zero-order valence-corrected chi connectivity index (χ0v) is 19.2. The number of imidazole rings is 1. The third-order valence-corrected chi connectivity index (χ3v) is 6.33.